The van der Waals surface area contributed by atoms with E-state index in [9.17, 15) is 4.79 Å². The van der Waals surface area contributed by atoms with E-state index in [-0.39, 0.29) is 24.2 Å². The van der Waals surface area contributed by atoms with Crippen molar-refractivity contribution in [3.63, 3.8) is 0 Å². The summed E-state index contributed by atoms with van der Waals surface area (Å²) in [6.45, 7) is 6.32. The van der Waals surface area contributed by atoms with E-state index < -0.39 is 0 Å². The van der Waals surface area contributed by atoms with Crippen molar-refractivity contribution in [3.05, 3.63) is 0 Å². The number of piperidine rings is 1. The van der Waals surface area contributed by atoms with Gasteiger partial charge in [-0.1, -0.05) is 33.1 Å². The zero-order valence-electron chi connectivity index (χ0n) is 11.8. The normalized spacial score (nSPS) is 20.9. The molecule has 2 N–H and O–H groups in total. The van der Waals surface area contributed by atoms with E-state index in [2.05, 4.69) is 24.5 Å². The summed E-state index contributed by atoms with van der Waals surface area (Å²) in [6, 6.07) is 0.398. The average molecular weight is 277 g/mol. The summed E-state index contributed by atoms with van der Waals surface area (Å²) in [7, 11) is 0. The van der Waals surface area contributed by atoms with Crippen molar-refractivity contribution in [1.29, 1.82) is 0 Å². The van der Waals surface area contributed by atoms with Crippen LogP contribution < -0.4 is 10.6 Å². The minimum Gasteiger partial charge on any atom is -0.353 e. The maximum Gasteiger partial charge on any atom is 0.224 e. The zero-order chi connectivity index (χ0) is 12.5. The monoisotopic (exact) mass is 276 g/mol. The Labute approximate surface area is 118 Å². The molecule has 1 aliphatic rings. The molecule has 108 valence electrons. The summed E-state index contributed by atoms with van der Waals surface area (Å²) in [5.74, 6) is 0.469. The van der Waals surface area contributed by atoms with Crippen molar-refractivity contribution >= 4 is 18.3 Å². The Balaban J connectivity index is 0.00000289. The molecule has 0 aromatic rings. The number of carbonyl (C=O) groups excluding carboxylic acids is 1. The Morgan fingerprint density at radius 3 is 2.67 bits per heavy atom. The van der Waals surface area contributed by atoms with Crippen LogP contribution in [0.5, 0.6) is 0 Å². The molecule has 4 heteroatoms. The number of rotatable bonds is 7. The highest BCUT2D eigenvalue weighted by molar-refractivity contribution is 5.85. The van der Waals surface area contributed by atoms with Gasteiger partial charge in [0.1, 0.15) is 0 Å². The third-order valence-electron chi connectivity index (χ3n) is 3.56. The predicted octanol–water partition coefficient (Wildman–Crippen LogP) is 2.88. The fourth-order valence-corrected chi connectivity index (χ4v) is 2.48. The second kappa shape index (κ2) is 10.6. The van der Waals surface area contributed by atoms with Crippen molar-refractivity contribution < 1.29 is 4.79 Å². The van der Waals surface area contributed by atoms with Crippen LogP contribution in [0.25, 0.3) is 0 Å². The molecule has 0 radical (unpaired) electrons. The van der Waals surface area contributed by atoms with Crippen LogP contribution in [-0.4, -0.2) is 25.0 Å². The van der Waals surface area contributed by atoms with Crippen LogP contribution in [0.15, 0.2) is 0 Å². The number of amides is 1. The number of carbonyl (C=O) groups is 1. The van der Waals surface area contributed by atoms with Gasteiger partial charge in [0.05, 0.1) is 5.92 Å². The first-order valence-corrected chi connectivity index (χ1v) is 7.29. The molecule has 1 amide bonds. The third kappa shape index (κ3) is 6.60. The highest BCUT2D eigenvalue weighted by atomic mass is 35.5. The molecule has 0 aromatic heterocycles. The molecule has 0 spiro atoms. The van der Waals surface area contributed by atoms with E-state index in [1.54, 1.807) is 0 Å². The highest BCUT2D eigenvalue weighted by Crippen LogP contribution is 2.12. The Morgan fingerprint density at radius 2 is 2.11 bits per heavy atom. The first kappa shape index (κ1) is 17.7. The van der Waals surface area contributed by atoms with E-state index in [0.29, 0.717) is 6.04 Å². The van der Waals surface area contributed by atoms with Gasteiger partial charge in [-0.3, -0.25) is 4.79 Å². The standard InChI is InChI=1S/C14H28N2O.ClH/c1-3-5-9-13(7-4-2)16-14(17)12-8-6-10-15-11-12;/h12-13,15H,3-11H2,1-2H3,(H,16,17);1H. The molecule has 2 unspecified atom stereocenters. The van der Waals surface area contributed by atoms with Crippen molar-refractivity contribution in [2.75, 3.05) is 13.1 Å². The molecule has 3 nitrogen and oxygen atoms in total. The van der Waals surface area contributed by atoms with Crippen molar-refractivity contribution in [2.45, 2.75) is 64.8 Å². The Morgan fingerprint density at radius 1 is 1.33 bits per heavy atom. The third-order valence-corrected chi connectivity index (χ3v) is 3.56. The lowest BCUT2D eigenvalue weighted by Crippen LogP contribution is -2.44. The predicted molar refractivity (Wildman–Crippen MR) is 79.2 cm³/mol. The van der Waals surface area contributed by atoms with Gasteiger partial charge < -0.3 is 10.6 Å². The molecule has 1 aliphatic heterocycles. The molecule has 0 saturated carbocycles. The second-order valence-corrected chi connectivity index (χ2v) is 5.18. The molecule has 1 rings (SSSR count). The van der Waals surface area contributed by atoms with Crippen LogP contribution in [0.4, 0.5) is 0 Å². The van der Waals surface area contributed by atoms with E-state index in [0.717, 1.165) is 45.2 Å². The second-order valence-electron chi connectivity index (χ2n) is 5.18. The quantitative estimate of drug-likeness (QED) is 0.751. The van der Waals surface area contributed by atoms with Crippen LogP contribution in [0, 0.1) is 5.92 Å². The van der Waals surface area contributed by atoms with E-state index in [1.807, 2.05) is 0 Å². The van der Waals surface area contributed by atoms with Crippen LogP contribution in [0.2, 0.25) is 0 Å². The summed E-state index contributed by atoms with van der Waals surface area (Å²) in [4.78, 5) is 12.1. The molecule has 1 heterocycles. The smallest absolute Gasteiger partial charge is 0.224 e. The van der Waals surface area contributed by atoms with Gasteiger partial charge in [0.15, 0.2) is 0 Å². The fraction of sp³-hybridized carbons (Fsp3) is 0.929. The molecule has 1 fully saturated rings. The summed E-state index contributed by atoms with van der Waals surface area (Å²) in [6.07, 6.45) is 8.01. The Kier molecular flexibility index (Phi) is 10.5. The maximum absolute atomic E-state index is 12.1. The van der Waals surface area contributed by atoms with Gasteiger partial charge in [0.25, 0.3) is 0 Å². The molecule has 2 atom stereocenters. The number of hydrogen-bond donors (Lipinski definition) is 2. The molecule has 0 bridgehead atoms. The van der Waals surface area contributed by atoms with Gasteiger partial charge >= 0.3 is 0 Å². The molecule has 18 heavy (non-hydrogen) atoms. The van der Waals surface area contributed by atoms with Crippen LogP contribution in [-0.2, 0) is 4.79 Å². The van der Waals surface area contributed by atoms with Crippen molar-refractivity contribution in [1.82, 2.24) is 10.6 Å². The molecule has 1 saturated heterocycles. The van der Waals surface area contributed by atoms with Crippen LogP contribution in [0.3, 0.4) is 0 Å². The minimum absolute atomic E-state index is 0. The molecular formula is C14H29ClN2O. The number of unbranched alkanes of at least 4 members (excludes halogenated alkanes) is 1. The highest BCUT2D eigenvalue weighted by Gasteiger charge is 2.22. The zero-order valence-corrected chi connectivity index (χ0v) is 12.7. The van der Waals surface area contributed by atoms with Gasteiger partial charge in [-0.25, -0.2) is 0 Å². The summed E-state index contributed by atoms with van der Waals surface area (Å²) in [5, 5.41) is 6.55. The molecule has 0 aliphatic carbocycles. The van der Waals surface area contributed by atoms with Gasteiger partial charge in [0.2, 0.25) is 5.91 Å². The minimum atomic E-state index is 0. The maximum atomic E-state index is 12.1. The SMILES string of the molecule is CCCCC(CCC)NC(=O)C1CCCNC1.Cl. The fourth-order valence-electron chi connectivity index (χ4n) is 2.48. The topological polar surface area (TPSA) is 41.1 Å². The van der Waals surface area contributed by atoms with E-state index in [4.69, 9.17) is 0 Å². The van der Waals surface area contributed by atoms with Gasteiger partial charge in [-0.2, -0.15) is 0 Å². The van der Waals surface area contributed by atoms with Gasteiger partial charge in [0, 0.05) is 12.6 Å². The van der Waals surface area contributed by atoms with Crippen LogP contribution >= 0.6 is 12.4 Å². The summed E-state index contributed by atoms with van der Waals surface area (Å²) >= 11 is 0. The Hall–Kier alpha value is -0.280. The molecular weight excluding hydrogens is 248 g/mol. The average Bonchev–Trinajstić information content (AvgIpc) is 2.37. The number of hydrogen-bond acceptors (Lipinski definition) is 2. The lowest BCUT2D eigenvalue weighted by atomic mass is 9.97. The van der Waals surface area contributed by atoms with Crippen LogP contribution in [0.1, 0.15) is 58.8 Å². The largest absolute Gasteiger partial charge is 0.353 e. The lowest BCUT2D eigenvalue weighted by molar-refractivity contribution is -0.126. The van der Waals surface area contributed by atoms with Crippen molar-refractivity contribution in [2.24, 2.45) is 5.92 Å². The number of nitrogens with one attached hydrogen (secondary N) is 2. The first-order valence-electron chi connectivity index (χ1n) is 7.29. The lowest BCUT2D eigenvalue weighted by Gasteiger charge is -2.25. The van der Waals surface area contributed by atoms with E-state index in [1.165, 1.54) is 12.8 Å². The first-order chi connectivity index (χ1) is 8.27. The van der Waals surface area contributed by atoms with Gasteiger partial charge in [-0.15, -0.1) is 12.4 Å². The Bertz CT molecular complexity index is 218. The van der Waals surface area contributed by atoms with E-state index >= 15 is 0 Å². The summed E-state index contributed by atoms with van der Waals surface area (Å²) in [5.41, 5.74) is 0. The number of halogens is 1. The van der Waals surface area contributed by atoms with Crippen molar-refractivity contribution in [3.8, 4) is 0 Å². The summed E-state index contributed by atoms with van der Waals surface area (Å²) < 4.78 is 0. The molecule has 0 aromatic carbocycles. The van der Waals surface area contributed by atoms with Gasteiger partial charge in [-0.05, 0) is 32.2 Å².